The molecule has 8 heteroatoms. The van der Waals surface area contributed by atoms with Crippen LogP contribution in [0.2, 0.25) is 0 Å². The van der Waals surface area contributed by atoms with E-state index in [-0.39, 0.29) is 6.10 Å². The molecular formula is C15H20N6O2. The molecule has 1 saturated carbocycles. The van der Waals surface area contributed by atoms with Crippen LogP contribution in [0.5, 0.6) is 0 Å². The maximum Gasteiger partial charge on any atom is 0.230 e. The highest BCUT2D eigenvalue weighted by Crippen LogP contribution is 2.39. The van der Waals surface area contributed by atoms with E-state index < -0.39 is 0 Å². The van der Waals surface area contributed by atoms with Crippen molar-refractivity contribution in [2.45, 2.75) is 31.4 Å². The number of hydrogen-bond donors (Lipinski definition) is 1. The first-order valence-corrected chi connectivity index (χ1v) is 8.04. The molecule has 1 saturated heterocycles. The number of morpholine rings is 1. The molecule has 1 aliphatic carbocycles. The van der Waals surface area contributed by atoms with E-state index in [9.17, 15) is 0 Å². The molecule has 1 aliphatic heterocycles. The maximum absolute atomic E-state index is 5.80. The van der Waals surface area contributed by atoms with E-state index in [0.717, 1.165) is 24.8 Å². The van der Waals surface area contributed by atoms with Crippen LogP contribution in [0, 0.1) is 0 Å². The van der Waals surface area contributed by atoms with Crippen LogP contribution in [0.1, 0.15) is 30.5 Å². The Morgan fingerprint density at radius 2 is 2.22 bits per heavy atom. The fourth-order valence-corrected chi connectivity index (χ4v) is 2.68. The average Bonchev–Trinajstić information content (AvgIpc) is 3.34. The molecule has 0 bridgehead atoms. The summed E-state index contributed by atoms with van der Waals surface area (Å²) >= 11 is 0. The van der Waals surface area contributed by atoms with Crippen LogP contribution in [0.3, 0.4) is 0 Å². The van der Waals surface area contributed by atoms with Gasteiger partial charge in [-0.1, -0.05) is 0 Å². The van der Waals surface area contributed by atoms with Crippen LogP contribution in [0.25, 0.3) is 0 Å². The Morgan fingerprint density at radius 3 is 3.04 bits per heavy atom. The predicted molar refractivity (Wildman–Crippen MR) is 81.8 cm³/mol. The van der Waals surface area contributed by atoms with Crippen LogP contribution in [0.15, 0.2) is 22.7 Å². The minimum Gasteiger partial charge on any atom is -0.424 e. The standard InChI is InChI=1S/C15H20N6O2/c1-2-13(18-17-5-1)16-8-12-9-21(6-7-22-12)10-14-19-20-15(23-14)11-3-4-11/h1-2,5,11-12H,3-4,6-10H2,(H,16,18). The van der Waals surface area contributed by atoms with E-state index in [2.05, 4.69) is 30.6 Å². The summed E-state index contributed by atoms with van der Waals surface area (Å²) in [5.74, 6) is 2.77. The zero-order chi connectivity index (χ0) is 15.5. The second-order valence-corrected chi connectivity index (χ2v) is 6.03. The third-order valence-electron chi connectivity index (χ3n) is 4.07. The van der Waals surface area contributed by atoms with Crippen LogP contribution in [-0.2, 0) is 11.3 Å². The molecule has 0 spiro atoms. The lowest BCUT2D eigenvalue weighted by Crippen LogP contribution is -2.44. The second-order valence-electron chi connectivity index (χ2n) is 6.03. The van der Waals surface area contributed by atoms with Gasteiger partial charge >= 0.3 is 0 Å². The second kappa shape index (κ2) is 6.59. The lowest BCUT2D eigenvalue weighted by Gasteiger charge is -2.32. The largest absolute Gasteiger partial charge is 0.424 e. The highest BCUT2D eigenvalue weighted by molar-refractivity contribution is 5.31. The highest BCUT2D eigenvalue weighted by Gasteiger charge is 2.30. The van der Waals surface area contributed by atoms with E-state index in [4.69, 9.17) is 9.15 Å². The van der Waals surface area contributed by atoms with Gasteiger partial charge in [-0.2, -0.15) is 5.10 Å². The van der Waals surface area contributed by atoms with Crippen molar-refractivity contribution in [3.05, 3.63) is 30.1 Å². The molecule has 23 heavy (non-hydrogen) atoms. The molecule has 0 aromatic carbocycles. The minimum atomic E-state index is 0.108. The third kappa shape index (κ3) is 3.83. The van der Waals surface area contributed by atoms with E-state index >= 15 is 0 Å². The number of ether oxygens (including phenoxy) is 1. The summed E-state index contributed by atoms with van der Waals surface area (Å²) in [6, 6.07) is 3.75. The van der Waals surface area contributed by atoms with Crippen molar-refractivity contribution in [1.29, 1.82) is 0 Å². The number of hydrogen-bond acceptors (Lipinski definition) is 8. The van der Waals surface area contributed by atoms with Gasteiger partial charge in [0.25, 0.3) is 0 Å². The Balaban J connectivity index is 1.28. The minimum absolute atomic E-state index is 0.108. The molecule has 1 unspecified atom stereocenters. The number of aromatic nitrogens is 4. The van der Waals surface area contributed by atoms with Gasteiger partial charge in [-0.25, -0.2) is 0 Å². The fraction of sp³-hybridized carbons (Fsp3) is 0.600. The molecule has 1 atom stereocenters. The zero-order valence-corrected chi connectivity index (χ0v) is 12.9. The first-order valence-electron chi connectivity index (χ1n) is 8.04. The van der Waals surface area contributed by atoms with Crippen LogP contribution < -0.4 is 5.32 Å². The molecular weight excluding hydrogens is 296 g/mol. The third-order valence-corrected chi connectivity index (χ3v) is 4.07. The summed E-state index contributed by atoms with van der Waals surface area (Å²) < 4.78 is 11.5. The SMILES string of the molecule is c1cnnc(NCC2CN(Cc3nnc(C4CC4)o3)CCO2)c1. The van der Waals surface area contributed by atoms with Crippen LogP contribution in [-0.4, -0.2) is 57.6 Å². The normalized spacial score (nSPS) is 22.2. The molecule has 0 amide bonds. The summed E-state index contributed by atoms with van der Waals surface area (Å²) in [6.07, 6.45) is 4.12. The first-order chi connectivity index (χ1) is 11.4. The van der Waals surface area contributed by atoms with Gasteiger partial charge < -0.3 is 14.5 Å². The lowest BCUT2D eigenvalue weighted by atomic mass is 10.2. The van der Waals surface area contributed by atoms with Crippen molar-refractivity contribution in [2.75, 3.05) is 31.6 Å². The Kier molecular flexibility index (Phi) is 4.16. The molecule has 2 aromatic heterocycles. The summed E-state index contributed by atoms with van der Waals surface area (Å²) in [7, 11) is 0. The van der Waals surface area contributed by atoms with Crippen molar-refractivity contribution in [3.63, 3.8) is 0 Å². The molecule has 8 nitrogen and oxygen atoms in total. The molecule has 2 aliphatic rings. The van der Waals surface area contributed by atoms with Gasteiger partial charge in [0, 0.05) is 31.7 Å². The molecule has 0 radical (unpaired) electrons. The van der Waals surface area contributed by atoms with Crippen molar-refractivity contribution >= 4 is 5.82 Å². The summed E-state index contributed by atoms with van der Waals surface area (Å²) in [5.41, 5.74) is 0. The summed E-state index contributed by atoms with van der Waals surface area (Å²) in [5, 5.41) is 19.4. The predicted octanol–water partition coefficient (Wildman–Crippen LogP) is 1.05. The van der Waals surface area contributed by atoms with E-state index in [1.807, 2.05) is 12.1 Å². The topological polar surface area (TPSA) is 89.2 Å². The monoisotopic (exact) mass is 316 g/mol. The smallest absolute Gasteiger partial charge is 0.230 e. The Labute approximate surface area is 134 Å². The van der Waals surface area contributed by atoms with Gasteiger partial charge in [-0.3, -0.25) is 4.90 Å². The first kappa shape index (κ1) is 14.5. The molecule has 2 fully saturated rings. The number of nitrogens with zero attached hydrogens (tertiary/aromatic N) is 5. The number of nitrogens with one attached hydrogen (secondary N) is 1. The van der Waals surface area contributed by atoms with Crippen LogP contribution in [0.4, 0.5) is 5.82 Å². The van der Waals surface area contributed by atoms with E-state index in [1.54, 1.807) is 6.20 Å². The highest BCUT2D eigenvalue weighted by atomic mass is 16.5. The van der Waals surface area contributed by atoms with Gasteiger partial charge in [-0.15, -0.1) is 15.3 Å². The van der Waals surface area contributed by atoms with E-state index in [1.165, 1.54) is 12.8 Å². The van der Waals surface area contributed by atoms with Gasteiger partial charge in [-0.05, 0) is 25.0 Å². The van der Waals surface area contributed by atoms with Crippen LogP contribution >= 0.6 is 0 Å². The molecule has 2 aromatic rings. The number of rotatable bonds is 6. The quantitative estimate of drug-likeness (QED) is 0.846. The lowest BCUT2D eigenvalue weighted by molar-refractivity contribution is -0.0265. The molecule has 122 valence electrons. The Morgan fingerprint density at radius 1 is 1.26 bits per heavy atom. The Hall–Kier alpha value is -2.06. The maximum atomic E-state index is 5.80. The van der Waals surface area contributed by atoms with Gasteiger partial charge in [0.2, 0.25) is 11.8 Å². The van der Waals surface area contributed by atoms with Gasteiger partial charge in [0.1, 0.15) is 5.82 Å². The molecule has 4 rings (SSSR count). The Bertz CT molecular complexity index is 630. The van der Waals surface area contributed by atoms with E-state index in [0.29, 0.717) is 31.5 Å². The van der Waals surface area contributed by atoms with Crippen molar-refractivity contribution < 1.29 is 9.15 Å². The molecule has 3 heterocycles. The zero-order valence-electron chi connectivity index (χ0n) is 12.9. The van der Waals surface area contributed by atoms with Crippen molar-refractivity contribution in [2.24, 2.45) is 0 Å². The summed E-state index contributed by atoms with van der Waals surface area (Å²) in [4.78, 5) is 2.29. The molecule has 1 N–H and O–H groups in total. The van der Waals surface area contributed by atoms with Crippen molar-refractivity contribution in [1.82, 2.24) is 25.3 Å². The number of anilines is 1. The van der Waals surface area contributed by atoms with Gasteiger partial charge in [0.05, 0.1) is 19.3 Å². The van der Waals surface area contributed by atoms with Crippen molar-refractivity contribution in [3.8, 4) is 0 Å². The average molecular weight is 316 g/mol. The van der Waals surface area contributed by atoms with Gasteiger partial charge in [0.15, 0.2) is 0 Å². The summed E-state index contributed by atoms with van der Waals surface area (Å²) in [6.45, 7) is 3.80. The fourth-order valence-electron chi connectivity index (χ4n) is 2.68.